The van der Waals surface area contributed by atoms with Gasteiger partial charge in [0.25, 0.3) is 0 Å². The summed E-state index contributed by atoms with van der Waals surface area (Å²) in [5.41, 5.74) is 4.75. The summed E-state index contributed by atoms with van der Waals surface area (Å²) in [6.45, 7) is 2.42. The van der Waals surface area contributed by atoms with E-state index in [9.17, 15) is 4.79 Å². The summed E-state index contributed by atoms with van der Waals surface area (Å²) in [4.78, 5) is 14.8. The van der Waals surface area contributed by atoms with Crippen molar-refractivity contribution in [2.75, 3.05) is 6.54 Å². The van der Waals surface area contributed by atoms with E-state index in [1.165, 1.54) is 17.6 Å². The van der Waals surface area contributed by atoms with E-state index >= 15 is 0 Å². The van der Waals surface area contributed by atoms with Crippen LogP contribution < -0.4 is 10.7 Å². The Morgan fingerprint density at radius 2 is 2.69 bits per heavy atom. The molecular weight excluding hydrogens is 188 g/mol. The van der Waals surface area contributed by atoms with Crippen LogP contribution in [-0.4, -0.2) is 23.8 Å². The monoisotopic (exact) mass is 198 g/mol. The van der Waals surface area contributed by atoms with Gasteiger partial charge in [0.05, 0.1) is 17.4 Å². The Hall–Kier alpha value is -1.43. The standard InChI is InChI=1S/C7H10N4OS/c1-2-8-7(12)11-10-3-6-4-13-5-9-6/h3-5H,2H2,1H3,(H2,8,11,12)/b10-3+. The SMILES string of the molecule is CCNC(=O)N/N=C/c1cscn1. The van der Waals surface area contributed by atoms with Crippen molar-refractivity contribution in [1.82, 2.24) is 15.7 Å². The Bertz CT molecular complexity index is 283. The molecule has 0 atom stereocenters. The van der Waals surface area contributed by atoms with Gasteiger partial charge in [0.15, 0.2) is 0 Å². The molecular formula is C7H10N4OS. The molecule has 5 nitrogen and oxygen atoms in total. The highest BCUT2D eigenvalue weighted by Gasteiger charge is 1.92. The maximum atomic E-state index is 10.8. The average Bonchev–Trinajstić information content (AvgIpc) is 2.57. The third-order valence-electron chi connectivity index (χ3n) is 1.15. The number of thiazole rings is 1. The van der Waals surface area contributed by atoms with E-state index in [0.29, 0.717) is 6.54 Å². The fourth-order valence-corrected chi connectivity index (χ4v) is 1.15. The molecule has 0 radical (unpaired) electrons. The first-order chi connectivity index (χ1) is 6.33. The van der Waals surface area contributed by atoms with Gasteiger partial charge in [0.1, 0.15) is 0 Å². The molecule has 6 heteroatoms. The van der Waals surface area contributed by atoms with Gasteiger partial charge in [-0.3, -0.25) is 0 Å². The number of carbonyl (C=O) groups is 1. The zero-order valence-electron chi connectivity index (χ0n) is 7.15. The van der Waals surface area contributed by atoms with Crippen LogP contribution in [0.5, 0.6) is 0 Å². The highest BCUT2D eigenvalue weighted by molar-refractivity contribution is 7.07. The summed E-state index contributed by atoms with van der Waals surface area (Å²) in [5.74, 6) is 0. The quantitative estimate of drug-likeness (QED) is 0.557. The molecule has 13 heavy (non-hydrogen) atoms. The molecule has 0 spiro atoms. The first-order valence-corrected chi connectivity index (χ1v) is 4.72. The lowest BCUT2D eigenvalue weighted by Gasteiger charge is -1.97. The van der Waals surface area contributed by atoms with Crippen LogP contribution in [0.4, 0.5) is 4.79 Å². The minimum absolute atomic E-state index is 0.311. The fourth-order valence-electron chi connectivity index (χ4n) is 0.643. The molecule has 2 amide bonds. The number of hydrogen-bond donors (Lipinski definition) is 2. The Kier molecular flexibility index (Phi) is 3.90. The van der Waals surface area contributed by atoms with Gasteiger partial charge in [-0.05, 0) is 6.92 Å². The molecule has 0 fully saturated rings. The van der Waals surface area contributed by atoms with Crippen molar-refractivity contribution < 1.29 is 4.79 Å². The lowest BCUT2D eigenvalue weighted by atomic mass is 10.6. The summed E-state index contributed by atoms with van der Waals surface area (Å²) < 4.78 is 0. The number of hydrazone groups is 1. The Morgan fingerprint density at radius 1 is 1.85 bits per heavy atom. The summed E-state index contributed by atoms with van der Waals surface area (Å²) >= 11 is 1.48. The normalized spacial score (nSPS) is 10.2. The zero-order valence-corrected chi connectivity index (χ0v) is 7.97. The summed E-state index contributed by atoms with van der Waals surface area (Å²) in [5, 5.41) is 8.07. The lowest BCUT2D eigenvalue weighted by molar-refractivity contribution is 0.242. The molecule has 0 saturated heterocycles. The van der Waals surface area contributed by atoms with Crippen molar-refractivity contribution in [3.63, 3.8) is 0 Å². The summed E-state index contributed by atoms with van der Waals surface area (Å²) in [6.07, 6.45) is 1.49. The zero-order chi connectivity index (χ0) is 9.52. The molecule has 70 valence electrons. The van der Waals surface area contributed by atoms with Gasteiger partial charge in [-0.1, -0.05) is 0 Å². The highest BCUT2D eigenvalue weighted by atomic mass is 32.1. The Morgan fingerprint density at radius 3 is 3.31 bits per heavy atom. The maximum Gasteiger partial charge on any atom is 0.335 e. The molecule has 0 saturated carbocycles. The number of nitrogens with one attached hydrogen (secondary N) is 2. The smallest absolute Gasteiger partial charge is 0.335 e. The van der Waals surface area contributed by atoms with Crippen LogP contribution in [0.1, 0.15) is 12.6 Å². The highest BCUT2D eigenvalue weighted by Crippen LogP contribution is 1.96. The average molecular weight is 198 g/mol. The third kappa shape index (κ3) is 3.66. The first kappa shape index (κ1) is 9.66. The number of hydrogen-bond acceptors (Lipinski definition) is 4. The van der Waals surface area contributed by atoms with E-state index in [1.54, 1.807) is 5.51 Å². The topological polar surface area (TPSA) is 66.4 Å². The summed E-state index contributed by atoms with van der Waals surface area (Å²) in [7, 11) is 0. The van der Waals surface area contributed by atoms with Crippen LogP contribution in [0.2, 0.25) is 0 Å². The number of nitrogens with zero attached hydrogens (tertiary/aromatic N) is 2. The van der Waals surface area contributed by atoms with Crippen molar-refractivity contribution in [2.24, 2.45) is 5.10 Å². The molecule has 1 aromatic rings. The lowest BCUT2D eigenvalue weighted by Crippen LogP contribution is -2.31. The van der Waals surface area contributed by atoms with E-state index in [4.69, 9.17) is 0 Å². The number of urea groups is 1. The van der Waals surface area contributed by atoms with E-state index in [2.05, 4.69) is 20.8 Å². The van der Waals surface area contributed by atoms with Gasteiger partial charge in [-0.2, -0.15) is 5.10 Å². The maximum absolute atomic E-state index is 10.8. The molecule has 0 aromatic carbocycles. The van der Waals surface area contributed by atoms with Crippen LogP contribution in [-0.2, 0) is 0 Å². The molecule has 1 heterocycles. The van der Waals surface area contributed by atoms with Crippen molar-refractivity contribution in [3.8, 4) is 0 Å². The predicted molar refractivity (Wildman–Crippen MR) is 51.9 cm³/mol. The number of rotatable bonds is 3. The van der Waals surface area contributed by atoms with Crippen LogP contribution >= 0.6 is 11.3 Å². The van der Waals surface area contributed by atoms with Crippen LogP contribution in [0, 0.1) is 0 Å². The Labute approximate surface area is 79.9 Å². The van der Waals surface area contributed by atoms with Crippen molar-refractivity contribution in [3.05, 3.63) is 16.6 Å². The minimum atomic E-state index is -0.311. The molecule has 0 bridgehead atoms. The number of aromatic nitrogens is 1. The van der Waals surface area contributed by atoms with E-state index < -0.39 is 0 Å². The van der Waals surface area contributed by atoms with Crippen LogP contribution in [0.25, 0.3) is 0 Å². The molecule has 0 aliphatic heterocycles. The molecule has 0 unspecified atom stereocenters. The number of carbonyl (C=O) groups excluding carboxylic acids is 1. The van der Waals surface area contributed by atoms with Crippen molar-refractivity contribution in [1.29, 1.82) is 0 Å². The van der Waals surface area contributed by atoms with E-state index in [1.807, 2.05) is 12.3 Å². The first-order valence-electron chi connectivity index (χ1n) is 3.78. The van der Waals surface area contributed by atoms with Crippen LogP contribution in [0.15, 0.2) is 16.0 Å². The van der Waals surface area contributed by atoms with Gasteiger partial charge < -0.3 is 5.32 Å². The second-order valence-electron chi connectivity index (χ2n) is 2.14. The van der Waals surface area contributed by atoms with Gasteiger partial charge in [0.2, 0.25) is 0 Å². The fraction of sp³-hybridized carbons (Fsp3) is 0.286. The van der Waals surface area contributed by atoms with Gasteiger partial charge in [0, 0.05) is 11.9 Å². The molecule has 2 N–H and O–H groups in total. The van der Waals surface area contributed by atoms with Gasteiger partial charge in [-0.15, -0.1) is 11.3 Å². The minimum Gasteiger partial charge on any atom is -0.337 e. The van der Waals surface area contributed by atoms with Crippen molar-refractivity contribution >= 4 is 23.6 Å². The van der Waals surface area contributed by atoms with E-state index in [0.717, 1.165) is 5.69 Å². The molecule has 1 aromatic heterocycles. The second kappa shape index (κ2) is 5.26. The van der Waals surface area contributed by atoms with Gasteiger partial charge in [-0.25, -0.2) is 15.2 Å². The third-order valence-corrected chi connectivity index (χ3v) is 1.76. The molecule has 0 aliphatic carbocycles. The predicted octanol–water partition coefficient (Wildman–Crippen LogP) is 0.796. The number of amides is 2. The van der Waals surface area contributed by atoms with Crippen LogP contribution in [0.3, 0.4) is 0 Å². The second-order valence-corrected chi connectivity index (χ2v) is 2.86. The summed E-state index contributed by atoms with van der Waals surface area (Å²) in [6, 6.07) is -0.311. The largest absolute Gasteiger partial charge is 0.337 e. The molecule has 1 rings (SSSR count). The Balaban J connectivity index is 2.30. The van der Waals surface area contributed by atoms with E-state index in [-0.39, 0.29) is 6.03 Å². The molecule has 0 aliphatic rings. The van der Waals surface area contributed by atoms with Gasteiger partial charge >= 0.3 is 6.03 Å². The van der Waals surface area contributed by atoms with Crippen molar-refractivity contribution in [2.45, 2.75) is 6.92 Å².